The summed E-state index contributed by atoms with van der Waals surface area (Å²) < 4.78 is 7.28. The van der Waals surface area contributed by atoms with E-state index in [2.05, 4.69) is 14.9 Å². The Labute approximate surface area is 176 Å². The molecule has 0 aliphatic carbocycles. The number of rotatable bonds is 5. The number of carbonyl (C=O) groups is 1. The normalized spacial score (nSPS) is 14.1. The first-order chi connectivity index (χ1) is 14.5. The maximum Gasteiger partial charge on any atom is 0.227 e. The van der Waals surface area contributed by atoms with Crippen molar-refractivity contribution < 1.29 is 9.53 Å². The Kier molecular flexibility index (Phi) is 5.70. The minimum absolute atomic E-state index is 0.158. The average Bonchev–Trinajstić information content (AvgIpc) is 3.29. The molecule has 156 valence electrons. The number of ether oxygens (including phenoxy) is 1. The minimum atomic E-state index is 0.158. The fraction of sp³-hybridized carbons (Fsp3) is 0.348. The van der Waals surface area contributed by atoms with Gasteiger partial charge in [0.05, 0.1) is 13.5 Å². The molecule has 3 heterocycles. The maximum absolute atomic E-state index is 12.8. The lowest BCUT2D eigenvalue weighted by molar-refractivity contribution is -0.130. The number of nitrogens with zero attached hydrogens (tertiary/aromatic N) is 5. The number of amides is 1. The number of hydrogen-bond acceptors (Lipinski definition) is 5. The van der Waals surface area contributed by atoms with Gasteiger partial charge >= 0.3 is 0 Å². The summed E-state index contributed by atoms with van der Waals surface area (Å²) in [6, 6.07) is 11.9. The van der Waals surface area contributed by atoms with Gasteiger partial charge in [-0.3, -0.25) is 4.79 Å². The number of anilines is 1. The minimum Gasteiger partial charge on any atom is -0.496 e. The van der Waals surface area contributed by atoms with Crippen molar-refractivity contribution in [2.24, 2.45) is 0 Å². The van der Waals surface area contributed by atoms with Crippen LogP contribution in [0.4, 0.5) is 5.82 Å². The molecule has 0 unspecified atom stereocenters. The number of hydrogen-bond donors (Lipinski definition) is 0. The predicted octanol–water partition coefficient (Wildman–Crippen LogP) is 2.78. The van der Waals surface area contributed by atoms with E-state index in [-0.39, 0.29) is 5.91 Å². The second-order valence-corrected chi connectivity index (χ2v) is 7.57. The van der Waals surface area contributed by atoms with Gasteiger partial charge in [-0.05, 0) is 43.2 Å². The predicted molar refractivity (Wildman–Crippen MR) is 116 cm³/mol. The first kappa shape index (κ1) is 19.9. The van der Waals surface area contributed by atoms with Gasteiger partial charge in [0.1, 0.15) is 23.2 Å². The molecule has 30 heavy (non-hydrogen) atoms. The molecule has 0 bridgehead atoms. The summed E-state index contributed by atoms with van der Waals surface area (Å²) in [7, 11) is 1.66. The van der Waals surface area contributed by atoms with Crippen LogP contribution in [-0.4, -0.2) is 58.6 Å². The number of aromatic nitrogens is 3. The third-order valence-electron chi connectivity index (χ3n) is 5.45. The first-order valence-electron chi connectivity index (χ1n) is 10.2. The van der Waals surface area contributed by atoms with E-state index in [1.807, 2.05) is 72.1 Å². The molecule has 1 fully saturated rings. The molecule has 2 aromatic heterocycles. The van der Waals surface area contributed by atoms with Crippen molar-refractivity contribution in [1.82, 2.24) is 19.4 Å². The molecular weight excluding hydrogens is 378 g/mol. The van der Waals surface area contributed by atoms with Gasteiger partial charge < -0.3 is 19.1 Å². The van der Waals surface area contributed by atoms with Crippen LogP contribution in [0.1, 0.15) is 17.0 Å². The maximum atomic E-state index is 12.8. The molecule has 1 saturated heterocycles. The first-order valence-corrected chi connectivity index (χ1v) is 10.2. The Hall–Kier alpha value is -3.35. The zero-order chi connectivity index (χ0) is 21.1. The molecule has 3 aromatic rings. The van der Waals surface area contributed by atoms with E-state index in [9.17, 15) is 4.79 Å². The van der Waals surface area contributed by atoms with Crippen LogP contribution >= 0.6 is 0 Å². The number of benzene rings is 1. The molecule has 0 spiro atoms. The number of carbonyl (C=O) groups excluding carboxylic acids is 1. The summed E-state index contributed by atoms with van der Waals surface area (Å²) in [5.41, 5.74) is 2.06. The summed E-state index contributed by atoms with van der Waals surface area (Å²) >= 11 is 0. The number of piperazine rings is 1. The fourth-order valence-corrected chi connectivity index (χ4v) is 3.84. The number of methoxy groups -OCH3 is 1. The quantitative estimate of drug-likeness (QED) is 0.653. The molecule has 0 saturated carbocycles. The van der Waals surface area contributed by atoms with E-state index in [0.717, 1.165) is 47.4 Å². The Morgan fingerprint density at radius 1 is 1.00 bits per heavy atom. The molecular formula is C23H27N5O2. The highest BCUT2D eigenvalue weighted by Crippen LogP contribution is 2.20. The van der Waals surface area contributed by atoms with Gasteiger partial charge in [0.15, 0.2) is 0 Å². The Balaban J connectivity index is 1.39. The molecule has 0 atom stereocenters. The van der Waals surface area contributed by atoms with E-state index in [4.69, 9.17) is 4.74 Å². The van der Waals surface area contributed by atoms with Crippen LogP contribution in [0.3, 0.4) is 0 Å². The SMILES string of the molecule is COc1ccc(CC(=O)N2CCN(c3cc(-n4cccc4)nc(C)n3)CC2)cc1C. The zero-order valence-corrected chi connectivity index (χ0v) is 17.7. The van der Waals surface area contributed by atoms with Crippen molar-refractivity contribution in [1.29, 1.82) is 0 Å². The second kappa shape index (κ2) is 8.57. The van der Waals surface area contributed by atoms with Crippen molar-refractivity contribution in [2.75, 3.05) is 38.2 Å². The molecule has 4 rings (SSSR count). The largest absolute Gasteiger partial charge is 0.496 e. The van der Waals surface area contributed by atoms with Crippen molar-refractivity contribution >= 4 is 11.7 Å². The summed E-state index contributed by atoms with van der Waals surface area (Å²) in [5, 5.41) is 0. The third-order valence-corrected chi connectivity index (χ3v) is 5.45. The van der Waals surface area contributed by atoms with E-state index in [1.165, 1.54) is 0 Å². The zero-order valence-electron chi connectivity index (χ0n) is 17.7. The Morgan fingerprint density at radius 3 is 2.37 bits per heavy atom. The summed E-state index contributed by atoms with van der Waals surface area (Å²) in [5.74, 6) is 3.51. The van der Waals surface area contributed by atoms with Gasteiger partial charge in [-0.2, -0.15) is 0 Å². The van der Waals surface area contributed by atoms with Gasteiger partial charge in [-0.15, -0.1) is 0 Å². The van der Waals surface area contributed by atoms with Gasteiger partial charge in [0.2, 0.25) is 5.91 Å². The van der Waals surface area contributed by atoms with Crippen LogP contribution in [0.15, 0.2) is 48.8 Å². The van der Waals surface area contributed by atoms with Crippen LogP contribution in [0.5, 0.6) is 5.75 Å². The van der Waals surface area contributed by atoms with Gasteiger partial charge in [-0.25, -0.2) is 9.97 Å². The Morgan fingerprint density at radius 2 is 1.70 bits per heavy atom. The lowest BCUT2D eigenvalue weighted by Gasteiger charge is -2.35. The molecule has 1 aromatic carbocycles. The van der Waals surface area contributed by atoms with Crippen molar-refractivity contribution in [3.8, 4) is 11.6 Å². The highest BCUT2D eigenvalue weighted by molar-refractivity contribution is 5.79. The molecule has 1 aliphatic heterocycles. The fourth-order valence-electron chi connectivity index (χ4n) is 3.84. The van der Waals surface area contributed by atoms with Crippen molar-refractivity contribution in [3.63, 3.8) is 0 Å². The van der Waals surface area contributed by atoms with E-state index >= 15 is 0 Å². The molecule has 1 aliphatic rings. The average molecular weight is 406 g/mol. The monoisotopic (exact) mass is 405 g/mol. The smallest absolute Gasteiger partial charge is 0.227 e. The molecule has 1 amide bonds. The molecule has 7 heteroatoms. The van der Waals surface area contributed by atoms with Crippen molar-refractivity contribution in [3.05, 3.63) is 65.7 Å². The standard InChI is InChI=1S/C23H27N5O2/c1-17-14-19(6-7-20(17)30-3)15-23(29)28-12-10-27(11-13-28)22-16-21(24-18(2)25-22)26-8-4-5-9-26/h4-9,14,16H,10-13,15H2,1-3H3. The summed E-state index contributed by atoms with van der Waals surface area (Å²) in [6.07, 6.45) is 4.36. The van der Waals surface area contributed by atoms with Crippen LogP contribution in [-0.2, 0) is 11.2 Å². The number of aryl methyl sites for hydroxylation is 2. The second-order valence-electron chi connectivity index (χ2n) is 7.57. The van der Waals surface area contributed by atoms with Gasteiger partial charge in [-0.1, -0.05) is 12.1 Å². The topological polar surface area (TPSA) is 63.5 Å². The van der Waals surface area contributed by atoms with Gasteiger partial charge in [0.25, 0.3) is 0 Å². The molecule has 0 radical (unpaired) electrons. The molecule has 0 N–H and O–H groups in total. The highest BCUT2D eigenvalue weighted by Gasteiger charge is 2.23. The summed E-state index contributed by atoms with van der Waals surface area (Å²) in [6.45, 7) is 6.81. The lowest BCUT2D eigenvalue weighted by Crippen LogP contribution is -2.49. The van der Waals surface area contributed by atoms with E-state index in [1.54, 1.807) is 7.11 Å². The summed E-state index contributed by atoms with van der Waals surface area (Å²) in [4.78, 5) is 26.1. The van der Waals surface area contributed by atoms with Crippen LogP contribution < -0.4 is 9.64 Å². The Bertz CT molecular complexity index is 1020. The third kappa shape index (κ3) is 4.30. The van der Waals surface area contributed by atoms with Crippen LogP contribution in [0.25, 0.3) is 5.82 Å². The van der Waals surface area contributed by atoms with Crippen LogP contribution in [0.2, 0.25) is 0 Å². The van der Waals surface area contributed by atoms with Crippen LogP contribution in [0, 0.1) is 13.8 Å². The lowest BCUT2D eigenvalue weighted by atomic mass is 10.1. The van der Waals surface area contributed by atoms with E-state index in [0.29, 0.717) is 19.5 Å². The molecule has 7 nitrogen and oxygen atoms in total. The van der Waals surface area contributed by atoms with Crippen molar-refractivity contribution in [2.45, 2.75) is 20.3 Å². The van der Waals surface area contributed by atoms with E-state index < -0.39 is 0 Å². The van der Waals surface area contributed by atoms with Gasteiger partial charge in [0, 0.05) is 44.6 Å². The highest BCUT2D eigenvalue weighted by atomic mass is 16.5.